The largest absolute Gasteiger partial charge is 0.495 e. The number of benzene rings is 2. The molecule has 0 spiro atoms. The summed E-state index contributed by atoms with van der Waals surface area (Å²) in [7, 11) is 1.62. The molecule has 0 amide bonds. The predicted molar refractivity (Wildman–Crippen MR) is 86.4 cm³/mol. The average Bonchev–Trinajstić information content (AvgIpc) is 2.87. The topological polar surface area (TPSA) is 53.1 Å². The quantitative estimate of drug-likeness (QED) is 0.742. The van der Waals surface area contributed by atoms with E-state index in [2.05, 4.69) is 17.6 Å². The zero-order chi connectivity index (χ0) is 14.8. The molecule has 3 rings (SSSR count). The number of nitrogen functional groups attached to an aromatic ring is 1. The standard InChI is InChI=1S/C17H19N3O/c1-3-10-20-15-7-5-4-6-14(15)19-17(20)12-8-9-16(21-2)13(18)11-12/h4-9,11H,3,10,18H2,1-2H3. The van der Waals surface area contributed by atoms with E-state index in [0.29, 0.717) is 11.4 Å². The van der Waals surface area contributed by atoms with E-state index in [-0.39, 0.29) is 0 Å². The Bertz CT molecular complexity index is 777. The minimum Gasteiger partial charge on any atom is -0.495 e. The van der Waals surface area contributed by atoms with Crippen LogP contribution < -0.4 is 10.5 Å². The molecule has 0 unspecified atom stereocenters. The number of imidazole rings is 1. The van der Waals surface area contributed by atoms with Crippen LogP contribution in [0, 0.1) is 0 Å². The Hall–Kier alpha value is -2.49. The lowest BCUT2D eigenvalue weighted by Gasteiger charge is -2.10. The molecule has 3 aromatic rings. The summed E-state index contributed by atoms with van der Waals surface area (Å²) in [4.78, 5) is 4.76. The lowest BCUT2D eigenvalue weighted by molar-refractivity contribution is 0.417. The van der Waals surface area contributed by atoms with Crippen molar-refractivity contribution in [3.8, 4) is 17.1 Å². The van der Waals surface area contributed by atoms with E-state index in [0.717, 1.165) is 35.4 Å². The third kappa shape index (κ3) is 2.33. The summed E-state index contributed by atoms with van der Waals surface area (Å²) in [6.07, 6.45) is 1.05. The second-order valence-corrected chi connectivity index (χ2v) is 5.03. The van der Waals surface area contributed by atoms with Gasteiger partial charge >= 0.3 is 0 Å². The number of rotatable bonds is 4. The first-order valence-corrected chi connectivity index (χ1v) is 7.13. The Morgan fingerprint density at radius 2 is 2.00 bits per heavy atom. The molecule has 0 saturated heterocycles. The third-order valence-electron chi connectivity index (χ3n) is 3.59. The molecule has 0 atom stereocenters. The second kappa shape index (κ2) is 5.48. The molecule has 108 valence electrons. The van der Waals surface area contributed by atoms with Gasteiger partial charge in [0.05, 0.1) is 23.8 Å². The molecule has 0 fully saturated rings. The first kappa shape index (κ1) is 13.5. The van der Waals surface area contributed by atoms with Crippen LogP contribution in [0.1, 0.15) is 13.3 Å². The van der Waals surface area contributed by atoms with E-state index in [1.54, 1.807) is 7.11 Å². The molecule has 2 N–H and O–H groups in total. The van der Waals surface area contributed by atoms with Crippen molar-refractivity contribution in [2.24, 2.45) is 0 Å². The SMILES string of the molecule is CCCn1c(-c2ccc(OC)c(N)c2)nc2ccccc21. The van der Waals surface area contributed by atoms with Gasteiger partial charge in [-0.2, -0.15) is 0 Å². The van der Waals surface area contributed by atoms with Gasteiger partial charge in [-0.15, -0.1) is 0 Å². The normalized spacial score (nSPS) is 11.0. The maximum absolute atomic E-state index is 6.03. The number of anilines is 1. The number of para-hydroxylation sites is 2. The van der Waals surface area contributed by atoms with Gasteiger partial charge in [-0.05, 0) is 36.8 Å². The highest BCUT2D eigenvalue weighted by atomic mass is 16.5. The lowest BCUT2D eigenvalue weighted by atomic mass is 10.1. The van der Waals surface area contributed by atoms with Crippen LogP contribution in [-0.4, -0.2) is 16.7 Å². The number of nitrogens with two attached hydrogens (primary N) is 1. The van der Waals surface area contributed by atoms with Crippen LogP contribution in [0.4, 0.5) is 5.69 Å². The smallest absolute Gasteiger partial charge is 0.141 e. The van der Waals surface area contributed by atoms with Crippen molar-refractivity contribution < 1.29 is 4.74 Å². The summed E-state index contributed by atoms with van der Waals surface area (Å²) in [5.41, 5.74) is 9.83. The van der Waals surface area contributed by atoms with Gasteiger partial charge in [-0.3, -0.25) is 0 Å². The Balaban J connectivity index is 2.19. The molecular formula is C17H19N3O. The van der Waals surface area contributed by atoms with E-state index in [1.165, 1.54) is 0 Å². The van der Waals surface area contributed by atoms with Gasteiger partial charge in [0.15, 0.2) is 0 Å². The van der Waals surface area contributed by atoms with Gasteiger partial charge in [0.2, 0.25) is 0 Å². The Morgan fingerprint density at radius 1 is 1.19 bits per heavy atom. The molecule has 0 bridgehead atoms. The molecule has 1 heterocycles. The van der Waals surface area contributed by atoms with Crippen molar-refractivity contribution in [1.82, 2.24) is 9.55 Å². The first-order valence-electron chi connectivity index (χ1n) is 7.13. The second-order valence-electron chi connectivity index (χ2n) is 5.03. The molecule has 0 aliphatic heterocycles. The predicted octanol–water partition coefficient (Wildman–Crippen LogP) is 3.70. The van der Waals surface area contributed by atoms with Crippen molar-refractivity contribution >= 4 is 16.7 Å². The van der Waals surface area contributed by atoms with E-state index in [1.807, 2.05) is 36.4 Å². The van der Waals surface area contributed by atoms with Crippen molar-refractivity contribution in [3.63, 3.8) is 0 Å². The van der Waals surface area contributed by atoms with Crippen LogP contribution >= 0.6 is 0 Å². The molecule has 1 aromatic heterocycles. The van der Waals surface area contributed by atoms with Crippen LogP contribution in [0.15, 0.2) is 42.5 Å². The number of hydrogen-bond donors (Lipinski definition) is 1. The van der Waals surface area contributed by atoms with E-state index in [4.69, 9.17) is 15.5 Å². The highest BCUT2D eigenvalue weighted by molar-refractivity contribution is 5.81. The summed E-state index contributed by atoms with van der Waals surface area (Å²) in [5.74, 6) is 1.64. The molecule has 0 radical (unpaired) electrons. The van der Waals surface area contributed by atoms with Gasteiger partial charge < -0.3 is 15.0 Å². The molecule has 4 heteroatoms. The molecule has 21 heavy (non-hydrogen) atoms. The maximum atomic E-state index is 6.03. The Morgan fingerprint density at radius 3 is 2.71 bits per heavy atom. The summed E-state index contributed by atoms with van der Waals surface area (Å²) in [6.45, 7) is 3.10. The molecular weight excluding hydrogens is 262 g/mol. The van der Waals surface area contributed by atoms with E-state index < -0.39 is 0 Å². The number of methoxy groups -OCH3 is 1. The van der Waals surface area contributed by atoms with Gasteiger partial charge in [0.25, 0.3) is 0 Å². The third-order valence-corrected chi connectivity index (χ3v) is 3.59. The molecule has 0 saturated carbocycles. The van der Waals surface area contributed by atoms with E-state index in [9.17, 15) is 0 Å². The van der Waals surface area contributed by atoms with Gasteiger partial charge in [0, 0.05) is 12.1 Å². The molecule has 2 aromatic carbocycles. The zero-order valence-corrected chi connectivity index (χ0v) is 12.3. The van der Waals surface area contributed by atoms with Crippen molar-refractivity contribution in [2.75, 3.05) is 12.8 Å². The van der Waals surface area contributed by atoms with Crippen LogP contribution in [-0.2, 0) is 6.54 Å². The Kier molecular flexibility index (Phi) is 3.52. The van der Waals surface area contributed by atoms with Gasteiger partial charge in [0.1, 0.15) is 11.6 Å². The Labute approximate surface area is 124 Å². The summed E-state index contributed by atoms with van der Waals surface area (Å²) in [5, 5.41) is 0. The molecule has 4 nitrogen and oxygen atoms in total. The minimum atomic E-state index is 0.630. The number of aromatic nitrogens is 2. The minimum absolute atomic E-state index is 0.630. The fraction of sp³-hybridized carbons (Fsp3) is 0.235. The van der Waals surface area contributed by atoms with Crippen LogP contribution in [0.3, 0.4) is 0 Å². The van der Waals surface area contributed by atoms with E-state index >= 15 is 0 Å². The number of nitrogens with zero attached hydrogens (tertiary/aromatic N) is 2. The zero-order valence-electron chi connectivity index (χ0n) is 12.3. The number of hydrogen-bond acceptors (Lipinski definition) is 3. The first-order chi connectivity index (χ1) is 10.2. The molecule has 0 aliphatic carbocycles. The highest BCUT2D eigenvalue weighted by Crippen LogP contribution is 2.30. The van der Waals surface area contributed by atoms with Crippen LogP contribution in [0.2, 0.25) is 0 Å². The summed E-state index contributed by atoms with van der Waals surface area (Å²) >= 11 is 0. The lowest BCUT2D eigenvalue weighted by Crippen LogP contribution is -2.00. The number of aryl methyl sites for hydroxylation is 1. The van der Waals surface area contributed by atoms with Crippen LogP contribution in [0.5, 0.6) is 5.75 Å². The fourth-order valence-corrected chi connectivity index (χ4v) is 2.62. The maximum Gasteiger partial charge on any atom is 0.141 e. The van der Waals surface area contributed by atoms with Crippen LogP contribution in [0.25, 0.3) is 22.4 Å². The monoisotopic (exact) mass is 281 g/mol. The molecule has 0 aliphatic rings. The van der Waals surface area contributed by atoms with Gasteiger partial charge in [-0.1, -0.05) is 19.1 Å². The summed E-state index contributed by atoms with van der Waals surface area (Å²) < 4.78 is 7.47. The number of fused-ring (bicyclic) bond motifs is 1. The highest BCUT2D eigenvalue weighted by Gasteiger charge is 2.13. The van der Waals surface area contributed by atoms with Crippen molar-refractivity contribution in [1.29, 1.82) is 0 Å². The van der Waals surface area contributed by atoms with Gasteiger partial charge in [-0.25, -0.2) is 4.98 Å². The average molecular weight is 281 g/mol. The summed E-state index contributed by atoms with van der Waals surface area (Å²) in [6, 6.07) is 14.0. The van der Waals surface area contributed by atoms with Crippen molar-refractivity contribution in [2.45, 2.75) is 19.9 Å². The van der Waals surface area contributed by atoms with Crippen molar-refractivity contribution in [3.05, 3.63) is 42.5 Å². The number of ether oxygens (including phenoxy) is 1. The fourth-order valence-electron chi connectivity index (χ4n) is 2.62.